The predicted octanol–water partition coefficient (Wildman–Crippen LogP) is 2.36. The van der Waals surface area contributed by atoms with E-state index >= 15 is 0 Å². The van der Waals surface area contributed by atoms with Gasteiger partial charge in [-0.15, -0.1) is 11.3 Å². The number of thiophene rings is 1. The Kier molecular flexibility index (Phi) is 4.38. The monoisotopic (exact) mass is 293 g/mol. The minimum Gasteiger partial charge on any atom is -0.298 e. The lowest BCUT2D eigenvalue weighted by atomic mass is 9.75. The van der Waals surface area contributed by atoms with Gasteiger partial charge in [0.1, 0.15) is 0 Å². The third-order valence-electron chi connectivity index (χ3n) is 4.77. The lowest BCUT2D eigenvalue weighted by molar-refractivity contribution is 0.0827. The molecular formula is C15H23N3OS. The molecule has 2 unspecified atom stereocenters. The number of hydrogen-bond donors (Lipinski definition) is 2. The van der Waals surface area contributed by atoms with Crippen LogP contribution < -0.4 is 11.3 Å². The molecule has 0 bridgehead atoms. The van der Waals surface area contributed by atoms with Gasteiger partial charge in [0.2, 0.25) is 0 Å². The Balaban J connectivity index is 1.58. The van der Waals surface area contributed by atoms with Crippen LogP contribution in [0, 0.1) is 11.8 Å². The Bertz CT molecular complexity index is 473. The van der Waals surface area contributed by atoms with Gasteiger partial charge in [0, 0.05) is 18.0 Å². The molecule has 0 spiro atoms. The van der Waals surface area contributed by atoms with Crippen molar-refractivity contribution in [1.82, 2.24) is 10.3 Å². The highest BCUT2D eigenvalue weighted by atomic mass is 32.1. The minimum atomic E-state index is -0.188. The lowest BCUT2D eigenvalue weighted by Crippen LogP contribution is -2.41. The molecule has 2 aliphatic rings. The second-order valence-electron chi connectivity index (χ2n) is 6.07. The fraction of sp³-hybridized carbons (Fsp3) is 0.667. The fourth-order valence-corrected chi connectivity index (χ4v) is 4.65. The quantitative estimate of drug-likeness (QED) is 0.511. The molecule has 1 aromatic rings. The topological polar surface area (TPSA) is 58.4 Å². The van der Waals surface area contributed by atoms with Gasteiger partial charge < -0.3 is 0 Å². The number of amides is 1. The van der Waals surface area contributed by atoms with E-state index in [1.54, 1.807) is 11.3 Å². The Labute approximate surface area is 124 Å². The zero-order valence-electron chi connectivity index (χ0n) is 11.8. The maximum atomic E-state index is 11.5. The number of carbonyl (C=O) groups is 1. The van der Waals surface area contributed by atoms with Crippen molar-refractivity contribution in [2.24, 2.45) is 17.7 Å². The Hall–Kier alpha value is -0.910. The summed E-state index contributed by atoms with van der Waals surface area (Å²) in [4.78, 5) is 16.0. The number of carbonyl (C=O) groups excluding carboxylic acids is 1. The number of nitrogens with two attached hydrogens (primary N) is 1. The molecule has 110 valence electrons. The van der Waals surface area contributed by atoms with Gasteiger partial charge >= 0.3 is 0 Å². The van der Waals surface area contributed by atoms with Crippen molar-refractivity contribution in [2.45, 2.75) is 38.6 Å². The SMILES string of the molecule is NNC(=O)c1ccc(CN2CCC3CCCCC3C2)s1. The van der Waals surface area contributed by atoms with E-state index in [0.717, 1.165) is 18.4 Å². The molecule has 2 heterocycles. The molecule has 0 aromatic carbocycles. The highest BCUT2D eigenvalue weighted by Gasteiger charge is 2.31. The molecule has 1 amide bonds. The third-order valence-corrected chi connectivity index (χ3v) is 5.84. The molecule has 3 rings (SSSR count). The van der Waals surface area contributed by atoms with E-state index in [0.29, 0.717) is 4.88 Å². The van der Waals surface area contributed by atoms with E-state index in [2.05, 4.69) is 16.4 Å². The lowest BCUT2D eigenvalue weighted by Gasteiger charge is -2.41. The van der Waals surface area contributed by atoms with Gasteiger partial charge in [0.15, 0.2) is 0 Å². The molecule has 1 aliphatic heterocycles. The zero-order chi connectivity index (χ0) is 13.9. The fourth-order valence-electron chi connectivity index (χ4n) is 3.70. The molecule has 3 N–H and O–H groups in total. The molecule has 2 fully saturated rings. The predicted molar refractivity (Wildman–Crippen MR) is 81.3 cm³/mol. The highest BCUT2D eigenvalue weighted by Crippen LogP contribution is 2.36. The average molecular weight is 293 g/mol. The molecule has 1 aromatic heterocycles. The van der Waals surface area contributed by atoms with Crippen molar-refractivity contribution in [3.05, 3.63) is 21.9 Å². The summed E-state index contributed by atoms with van der Waals surface area (Å²) in [7, 11) is 0. The molecule has 1 aliphatic carbocycles. The summed E-state index contributed by atoms with van der Waals surface area (Å²) in [5, 5.41) is 0. The van der Waals surface area contributed by atoms with E-state index in [-0.39, 0.29) is 5.91 Å². The van der Waals surface area contributed by atoms with Crippen LogP contribution in [0.25, 0.3) is 0 Å². The molecule has 0 radical (unpaired) electrons. The first-order chi connectivity index (χ1) is 9.76. The summed E-state index contributed by atoms with van der Waals surface area (Å²) < 4.78 is 0. The largest absolute Gasteiger partial charge is 0.298 e. The molecule has 2 atom stereocenters. The number of nitrogen functional groups attached to an aromatic ring is 1. The Morgan fingerprint density at radius 3 is 2.90 bits per heavy atom. The number of hydrogen-bond acceptors (Lipinski definition) is 4. The first kappa shape index (κ1) is 14.0. The molecule has 4 nitrogen and oxygen atoms in total. The maximum absolute atomic E-state index is 11.5. The maximum Gasteiger partial charge on any atom is 0.275 e. The second-order valence-corrected chi connectivity index (χ2v) is 7.24. The van der Waals surface area contributed by atoms with Gasteiger partial charge in [-0.25, -0.2) is 5.84 Å². The highest BCUT2D eigenvalue weighted by molar-refractivity contribution is 7.14. The van der Waals surface area contributed by atoms with Crippen LogP contribution in [0.4, 0.5) is 0 Å². The smallest absolute Gasteiger partial charge is 0.275 e. The number of likely N-dealkylation sites (tertiary alicyclic amines) is 1. The number of hydrazine groups is 1. The first-order valence-corrected chi connectivity index (χ1v) is 8.40. The average Bonchev–Trinajstić information content (AvgIpc) is 2.95. The third kappa shape index (κ3) is 3.05. The van der Waals surface area contributed by atoms with E-state index in [1.807, 2.05) is 6.07 Å². The van der Waals surface area contributed by atoms with E-state index in [4.69, 9.17) is 5.84 Å². The molecule has 20 heavy (non-hydrogen) atoms. The summed E-state index contributed by atoms with van der Waals surface area (Å²) in [6.45, 7) is 3.42. The van der Waals surface area contributed by atoms with Gasteiger partial charge in [0.25, 0.3) is 5.91 Å². The van der Waals surface area contributed by atoms with Crippen molar-refractivity contribution < 1.29 is 4.79 Å². The van der Waals surface area contributed by atoms with Crippen molar-refractivity contribution in [2.75, 3.05) is 13.1 Å². The van der Waals surface area contributed by atoms with Gasteiger partial charge in [-0.05, 0) is 43.4 Å². The van der Waals surface area contributed by atoms with Crippen molar-refractivity contribution in [1.29, 1.82) is 0 Å². The summed E-state index contributed by atoms with van der Waals surface area (Å²) in [6, 6.07) is 3.93. The minimum absolute atomic E-state index is 0.188. The van der Waals surface area contributed by atoms with Crippen LogP contribution in [0.1, 0.15) is 46.7 Å². The molecular weight excluding hydrogens is 270 g/mol. The summed E-state index contributed by atoms with van der Waals surface area (Å²) >= 11 is 1.55. The van der Waals surface area contributed by atoms with Crippen LogP contribution in [0.3, 0.4) is 0 Å². The Morgan fingerprint density at radius 2 is 2.10 bits per heavy atom. The van der Waals surface area contributed by atoms with Crippen LogP contribution in [-0.2, 0) is 6.54 Å². The summed E-state index contributed by atoms with van der Waals surface area (Å²) in [6.07, 6.45) is 7.05. The van der Waals surface area contributed by atoms with Crippen LogP contribution in [0.5, 0.6) is 0 Å². The van der Waals surface area contributed by atoms with E-state index < -0.39 is 0 Å². The Morgan fingerprint density at radius 1 is 1.30 bits per heavy atom. The van der Waals surface area contributed by atoms with Crippen LogP contribution in [0.2, 0.25) is 0 Å². The van der Waals surface area contributed by atoms with Crippen LogP contribution in [-0.4, -0.2) is 23.9 Å². The number of nitrogens with zero attached hydrogens (tertiary/aromatic N) is 1. The zero-order valence-corrected chi connectivity index (χ0v) is 12.6. The van der Waals surface area contributed by atoms with Crippen LogP contribution in [0.15, 0.2) is 12.1 Å². The molecule has 1 saturated heterocycles. The van der Waals surface area contributed by atoms with Gasteiger partial charge in [0.05, 0.1) is 4.88 Å². The van der Waals surface area contributed by atoms with Crippen LogP contribution >= 0.6 is 11.3 Å². The van der Waals surface area contributed by atoms with E-state index in [9.17, 15) is 4.79 Å². The number of fused-ring (bicyclic) bond motifs is 1. The summed E-state index contributed by atoms with van der Waals surface area (Å²) in [5.41, 5.74) is 2.19. The molecule has 5 heteroatoms. The standard InChI is InChI=1S/C15H23N3OS/c16-17-15(19)14-6-5-13(20-14)10-18-8-7-11-3-1-2-4-12(11)9-18/h5-6,11-12H,1-4,7-10,16H2,(H,17,19). The van der Waals surface area contributed by atoms with E-state index in [1.165, 1.54) is 50.1 Å². The summed E-state index contributed by atoms with van der Waals surface area (Å²) in [5.74, 6) is 6.86. The second kappa shape index (κ2) is 6.24. The number of rotatable bonds is 3. The number of nitrogens with one attached hydrogen (secondary N) is 1. The normalized spacial score (nSPS) is 27.1. The van der Waals surface area contributed by atoms with Gasteiger partial charge in [-0.3, -0.25) is 15.1 Å². The molecule has 1 saturated carbocycles. The van der Waals surface area contributed by atoms with Crippen molar-refractivity contribution >= 4 is 17.2 Å². The number of piperidine rings is 1. The first-order valence-electron chi connectivity index (χ1n) is 7.58. The van der Waals surface area contributed by atoms with Gasteiger partial charge in [-0.2, -0.15) is 0 Å². The van der Waals surface area contributed by atoms with Crippen molar-refractivity contribution in [3.63, 3.8) is 0 Å². The van der Waals surface area contributed by atoms with Gasteiger partial charge in [-0.1, -0.05) is 19.3 Å². The van der Waals surface area contributed by atoms with Crippen molar-refractivity contribution in [3.8, 4) is 0 Å².